The number of benzene rings is 1. The third-order valence-corrected chi connectivity index (χ3v) is 4.66. The van der Waals surface area contributed by atoms with E-state index in [2.05, 4.69) is 13.8 Å². The molecule has 0 radical (unpaired) electrons. The first-order chi connectivity index (χ1) is 9.97. The molecule has 1 aromatic rings. The maximum atomic E-state index is 12.1. The van der Waals surface area contributed by atoms with Crippen molar-refractivity contribution in [1.29, 1.82) is 0 Å². The first kappa shape index (κ1) is 16.0. The monoisotopic (exact) mass is 290 g/mol. The predicted molar refractivity (Wildman–Crippen MR) is 84.7 cm³/mol. The highest BCUT2D eigenvalue weighted by atomic mass is 16.5. The highest BCUT2D eigenvalue weighted by Crippen LogP contribution is 2.09. The molecule has 116 valence electrons. The van der Waals surface area contributed by atoms with Gasteiger partial charge in [-0.3, -0.25) is 0 Å². The molecule has 0 amide bonds. The Hall–Kier alpha value is -1.35. The molecule has 0 saturated carbocycles. The van der Waals surface area contributed by atoms with E-state index in [1.54, 1.807) is 4.90 Å². The van der Waals surface area contributed by atoms with E-state index >= 15 is 0 Å². The number of rotatable bonds is 4. The zero-order valence-corrected chi connectivity index (χ0v) is 13.7. The average molecular weight is 290 g/mol. The summed E-state index contributed by atoms with van der Waals surface area (Å²) in [6.45, 7) is 9.53. The van der Waals surface area contributed by atoms with Gasteiger partial charge < -0.3 is 9.64 Å². The Morgan fingerprint density at radius 3 is 2.38 bits per heavy atom. The zero-order valence-electron chi connectivity index (χ0n) is 13.7. The Kier molecular flexibility index (Phi) is 5.40. The van der Waals surface area contributed by atoms with Gasteiger partial charge in [-0.2, -0.15) is 0 Å². The molecular formula is C18H28NO2+. The van der Waals surface area contributed by atoms with Crippen molar-refractivity contribution in [1.82, 2.24) is 0 Å². The summed E-state index contributed by atoms with van der Waals surface area (Å²) in [5.74, 6) is -0.209. The van der Waals surface area contributed by atoms with Gasteiger partial charge in [-0.25, -0.2) is 4.79 Å². The first-order valence-corrected chi connectivity index (χ1v) is 8.10. The molecule has 1 heterocycles. The van der Waals surface area contributed by atoms with E-state index in [1.807, 2.05) is 38.1 Å². The van der Waals surface area contributed by atoms with E-state index in [4.69, 9.17) is 4.74 Å². The minimum Gasteiger partial charge on any atom is -0.453 e. The van der Waals surface area contributed by atoms with Crippen LogP contribution in [0, 0.1) is 6.92 Å². The number of esters is 1. The number of nitrogens with one attached hydrogen (secondary N) is 1. The number of quaternary nitrogens is 1. The molecule has 1 saturated heterocycles. The number of aryl methyl sites for hydroxylation is 1. The maximum absolute atomic E-state index is 12.1. The molecule has 0 aliphatic carbocycles. The lowest BCUT2D eigenvalue weighted by Gasteiger charge is -2.37. The summed E-state index contributed by atoms with van der Waals surface area (Å²) in [4.78, 5) is 13.7. The zero-order chi connectivity index (χ0) is 15.4. The van der Waals surface area contributed by atoms with Crippen LogP contribution in [-0.2, 0) is 4.74 Å². The second-order valence-electron chi connectivity index (χ2n) is 6.59. The Bertz CT molecular complexity index is 459. The van der Waals surface area contributed by atoms with E-state index < -0.39 is 0 Å². The molecule has 1 aliphatic heterocycles. The van der Waals surface area contributed by atoms with Crippen molar-refractivity contribution >= 4 is 5.97 Å². The van der Waals surface area contributed by atoms with Gasteiger partial charge in [0.15, 0.2) is 0 Å². The summed E-state index contributed by atoms with van der Waals surface area (Å²) in [5.41, 5.74) is 1.79. The summed E-state index contributed by atoms with van der Waals surface area (Å²) in [6, 6.07) is 8.89. The second kappa shape index (κ2) is 7.08. The van der Waals surface area contributed by atoms with Crippen molar-refractivity contribution in [2.75, 3.05) is 6.54 Å². The van der Waals surface area contributed by atoms with Crippen molar-refractivity contribution in [2.24, 2.45) is 0 Å². The van der Waals surface area contributed by atoms with Gasteiger partial charge in [0.1, 0.15) is 12.6 Å². The highest BCUT2D eigenvalue weighted by molar-refractivity contribution is 5.89. The van der Waals surface area contributed by atoms with Crippen LogP contribution in [-0.4, -0.2) is 30.7 Å². The molecule has 1 aliphatic rings. The van der Waals surface area contributed by atoms with Crippen LogP contribution in [0.1, 0.15) is 56.0 Å². The molecule has 21 heavy (non-hydrogen) atoms. The van der Waals surface area contributed by atoms with E-state index in [9.17, 15) is 4.79 Å². The van der Waals surface area contributed by atoms with Crippen LogP contribution in [0.3, 0.4) is 0 Å². The summed E-state index contributed by atoms with van der Waals surface area (Å²) in [7, 11) is 0. The molecule has 0 aromatic heterocycles. The quantitative estimate of drug-likeness (QED) is 0.863. The topological polar surface area (TPSA) is 30.7 Å². The van der Waals surface area contributed by atoms with Crippen LogP contribution in [0.2, 0.25) is 0 Å². The molecule has 1 unspecified atom stereocenters. The van der Waals surface area contributed by atoms with Gasteiger partial charge in [0.05, 0.1) is 17.6 Å². The van der Waals surface area contributed by atoms with Crippen LogP contribution < -0.4 is 4.90 Å². The van der Waals surface area contributed by atoms with Gasteiger partial charge in [0.2, 0.25) is 0 Å². The second-order valence-corrected chi connectivity index (χ2v) is 6.59. The normalized spacial score (nSPS) is 27.1. The van der Waals surface area contributed by atoms with E-state index in [-0.39, 0.29) is 12.1 Å². The molecule has 1 aromatic carbocycles. The number of hydrogen-bond acceptors (Lipinski definition) is 2. The lowest BCUT2D eigenvalue weighted by atomic mass is 9.97. The average Bonchev–Trinajstić information content (AvgIpc) is 2.43. The molecular weight excluding hydrogens is 262 g/mol. The van der Waals surface area contributed by atoms with Gasteiger partial charge in [0, 0.05) is 0 Å². The highest BCUT2D eigenvalue weighted by Gasteiger charge is 2.30. The molecule has 4 atom stereocenters. The molecule has 0 bridgehead atoms. The van der Waals surface area contributed by atoms with Gasteiger partial charge in [-0.1, -0.05) is 17.7 Å². The van der Waals surface area contributed by atoms with Gasteiger partial charge in [-0.15, -0.1) is 0 Å². The van der Waals surface area contributed by atoms with E-state index in [1.165, 1.54) is 19.3 Å². The Labute approximate surface area is 128 Å². The van der Waals surface area contributed by atoms with Crippen LogP contribution in [0.25, 0.3) is 0 Å². The maximum Gasteiger partial charge on any atom is 0.338 e. The van der Waals surface area contributed by atoms with E-state index in [0.717, 1.165) is 12.1 Å². The van der Waals surface area contributed by atoms with Crippen molar-refractivity contribution in [3.8, 4) is 0 Å². The number of carbonyl (C=O) groups excluding carboxylic acids is 1. The van der Waals surface area contributed by atoms with Crippen LogP contribution >= 0.6 is 0 Å². The summed E-state index contributed by atoms with van der Waals surface area (Å²) < 4.78 is 5.62. The van der Waals surface area contributed by atoms with Crippen LogP contribution in [0.5, 0.6) is 0 Å². The smallest absolute Gasteiger partial charge is 0.338 e. The number of piperidine rings is 1. The Morgan fingerprint density at radius 2 is 1.81 bits per heavy atom. The van der Waals surface area contributed by atoms with Gasteiger partial charge >= 0.3 is 5.97 Å². The minimum absolute atomic E-state index is 0.0446. The van der Waals surface area contributed by atoms with E-state index in [0.29, 0.717) is 17.6 Å². The molecule has 1 N–H and O–H groups in total. The molecule has 3 nitrogen and oxygen atoms in total. The summed E-state index contributed by atoms with van der Waals surface area (Å²) in [5, 5.41) is 0. The summed E-state index contributed by atoms with van der Waals surface area (Å²) in [6.07, 6.45) is 3.83. The fourth-order valence-corrected chi connectivity index (χ4v) is 3.30. The Balaban J connectivity index is 1.90. The van der Waals surface area contributed by atoms with Gasteiger partial charge in [-0.05, 0) is 59.1 Å². The largest absolute Gasteiger partial charge is 0.453 e. The fourth-order valence-electron chi connectivity index (χ4n) is 3.30. The standard InChI is InChI=1S/C18H27NO2/c1-13-8-10-17(11-9-13)18(20)21-16(4)12-19-14(2)6-5-7-15(19)3/h8-11,14-16H,5-7,12H2,1-4H3/p+1/t14-,15+,16-/m0/s1. The fraction of sp³-hybridized carbons (Fsp3) is 0.611. The van der Waals surface area contributed by atoms with Crippen molar-refractivity contribution < 1.29 is 14.4 Å². The minimum atomic E-state index is -0.209. The van der Waals surface area contributed by atoms with Crippen LogP contribution in [0.4, 0.5) is 0 Å². The lowest BCUT2D eigenvalue weighted by molar-refractivity contribution is -0.953. The first-order valence-electron chi connectivity index (χ1n) is 8.10. The third-order valence-electron chi connectivity index (χ3n) is 4.66. The number of ether oxygens (including phenoxy) is 1. The lowest BCUT2D eigenvalue weighted by Crippen LogP contribution is -3.20. The van der Waals surface area contributed by atoms with Gasteiger partial charge in [0.25, 0.3) is 0 Å². The molecule has 1 fully saturated rings. The van der Waals surface area contributed by atoms with Crippen molar-refractivity contribution in [3.05, 3.63) is 35.4 Å². The number of likely N-dealkylation sites (tertiary alicyclic amines) is 1. The summed E-state index contributed by atoms with van der Waals surface area (Å²) >= 11 is 0. The molecule has 0 spiro atoms. The Morgan fingerprint density at radius 1 is 1.24 bits per heavy atom. The SMILES string of the molecule is Cc1ccc(C(=O)O[C@@H](C)C[NH+]2[C@H](C)CCC[C@@H]2C)cc1. The molecule has 2 rings (SSSR count). The predicted octanol–water partition coefficient (Wildman–Crippen LogP) is 2.39. The van der Waals surface area contributed by atoms with Crippen molar-refractivity contribution in [2.45, 2.75) is 65.1 Å². The van der Waals surface area contributed by atoms with Crippen LogP contribution in [0.15, 0.2) is 24.3 Å². The number of hydrogen-bond donors (Lipinski definition) is 1. The molecule has 3 heteroatoms. The van der Waals surface area contributed by atoms with Crippen molar-refractivity contribution in [3.63, 3.8) is 0 Å². The number of carbonyl (C=O) groups is 1. The third kappa shape index (κ3) is 4.31.